The SMILES string of the molecule is Cc1cc(-c2c(C)nn(-c3ccccc3F)c2O)[nH]n1. The maximum absolute atomic E-state index is 13.8. The average molecular weight is 272 g/mol. The summed E-state index contributed by atoms with van der Waals surface area (Å²) in [4.78, 5) is 0. The second kappa shape index (κ2) is 4.48. The van der Waals surface area contributed by atoms with Crippen LogP contribution in [0.15, 0.2) is 30.3 Å². The van der Waals surface area contributed by atoms with Crippen LogP contribution in [0.3, 0.4) is 0 Å². The summed E-state index contributed by atoms with van der Waals surface area (Å²) in [5.41, 5.74) is 2.77. The van der Waals surface area contributed by atoms with E-state index < -0.39 is 5.82 Å². The van der Waals surface area contributed by atoms with Gasteiger partial charge in [-0.05, 0) is 32.0 Å². The zero-order valence-corrected chi connectivity index (χ0v) is 11.1. The lowest BCUT2D eigenvalue weighted by Gasteiger charge is -2.04. The smallest absolute Gasteiger partial charge is 0.224 e. The van der Waals surface area contributed by atoms with Gasteiger partial charge in [0.2, 0.25) is 5.88 Å². The molecule has 0 spiro atoms. The Morgan fingerprint density at radius 1 is 1.25 bits per heavy atom. The number of nitrogens with zero attached hydrogens (tertiary/aromatic N) is 3. The molecule has 102 valence electrons. The fraction of sp³-hybridized carbons (Fsp3) is 0.143. The first kappa shape index (κ1) is 12.4. The monoisotopic (exact) mass is 272 g/mol. The molecule has 3 rings (SSSR count). The van der Waals surface area contributed by atoms with Crippen molar-refractivity contribution >= 4 is 0 Å². The highest BCUT2D eigenvalue weighted by atomic mass is 19.1. The highest BCUT2D eigenvalue weighted by molar-refractivity contribution is 5.69. The predicted octanol–water partition coefficient (Wildman–Crippen LogP) is 2.72. The van der Waals surface area contributed by atoms with E-state index in [-0.39, 0.29) is 11.6 Å². The van der Waals surface area contributed by atoms with Crippen molar-refractivity contribution < 1.29 is 9.50 Å². The molecule has 0 fully saturated rings. The van der Waals surface area contributed by atoms with Crippen LogP contribution in [0.1, 0.15) is 11.4 Å². The first-order chi connectivity index (χ1) is 9.58. The number of aromatic amines is 1. The van der Waals surface area contributed by atoms with Gasteiger partial charge in [-0.15, -0.1) is 0 Å². The summed E-state index contributed by atoms with van der Waals surface area (Å²) in [5, 5.41) is 21.4. The van der Waals surface area contributed by atoms with Crippen LogP contribution in [0, 0.1) is 19.7 Å². The second-order valence-corrected chi connectivity index (χ2v) is 4.57. The van der Waals surface area contributed by atoms with E-state index in [2.05, 4.69) is 15.3 Å². The van der Waals surface area contributed by atoms with Crippen LogP contribution in [0.2, 0.25) is 0 Å². The van der Waals surface area contributed by atoms with Gasteiger partial charge in [-0.1, -0.05) is 12.1 Å². The molecule has 0 radical (unpaired) electrons. The molecule has 2 aromatic heterocycles. The first-order valence-electron chi connectivity index (χ1n) is 6.14. The van der Waals surface area contributed by atoms with E-state index in [1.165, 1.54) is 10.7 Å². The Hall–Kier alpha value is -2.63. The molecule has 0 aliphatic heterocycles. The average Bonchev–Trinajstić information content (AvgIpc) is 2.94. The van der Waals surface area contributed by atoms with Crippen molar-refractivity contribution in [3.63, 3.8) is 0 Å². The summed E-state index contributed by atoms with van der Waals surface area (Å²) < 4.78 is 15.0. The molecular formula is C14H13FN4O. The maximum Gasteiger partial charge on any atom is 0.224 e. The Morgan fingerprint density at radius 2 is 2.00 bits per heavy atom. The topological polar surface area (TPSA) is 66.7 Å². The summed E-state index contributed by atoms with van der Waals surface area (Å²) in [6.07, 6.45) is 0. The molecule has 0 bridgehead atoms. The van der Waals surface area contributed by atoms with Gasteiger partial charge in [0.25, 0.3) is 0 Å². The number of para-hydroxylation sites is 1. The van der Waals surface area contributed by atoms with Gasteiger partial charge >= 0.3 is 0 Å². The molecule has 0 saturated heterocycles. The first-order valence-corrected chi connectivity index (χ1v) is 6.14. The molecular weight excluding hydrogens is 259 g/mol. The molecule has 5 nitrogen and oxygen atoms in total. The molecule has 0 aliphatic carbocycles. The number of aryl methyl sites for hydroxylation is 2. The van der Waals surface area contributed by atoms with Crippen molar-refractivity contribution in [2.75, 3.05) is 0 Å². The number of benzene rings is 1. The fourth-order valence-corrected chi connectivity index (χ4v) is 2.17. The number of nitrogens with one attached hydrogen (secondary N) is 1. The third-order valence-corrected chi connectivity index (χ3v) is 3.09. The maximum atomic E-state index is 13.8. The Labute approximate surface area is 114 Å². The molecule has 3 aromatic rings. The van der Waals surface area contributed by atoms with Gasteiger partial charge in [0.1, 0.15) is 11.5 Å². The summed E-state index contributed by atoms with van der Waals surface area (Å²) in [6, 6.07) is 7.96. The molecule has 0 atom stereocenters. The Morgan fingerprint density at radius 3 is 2.65 bits per heavy atom. The standard InChI is InChI=1S/C14H13FN4O/c1-8-7-11(17-16-8)13-9(2)18-19(14(13)20)12-6-4-3-5-10(12)15/h3-7,20H,1-2H3,(H,16,17). The van der Waals surface area contributed by atoms with Crippen LogP contribution >= 0.6 is 0 Å². The zero-order valence-electron chi connectivity index (χ0n) is 11.1. The Balaban J connectivity index is 2.19. The van der Waals surface area contributed by atoms with Crippen LogP contribution in [0.4, 0.5) is 4.39 Å². The number of halogens is 1. The highest BCUT2D eigenvalue weighted by Crippen LogP contribution is 2.33. The van der Waals surface area contributed by atoms with Crippen molar-refractivity contribution in [2.45, 2.75) is 13.8 Å². The zero-order chi connectivity index (χ0) is 14.3. The second-order valence-electron chi connectivity index (χ2n) is 4.57. The van der Waals surface area contributed by atoms with Gasteiger partial charge in [0.15, 0.2) is 0 Å². The normalized spacial score (nSPS) is 10.9. The summed E-state index contributed by atoms with van der Waals surface area (Å²) >= 11 is 0. The van der Waals surface area contributed by atoms with Gasteiger partial charge in [-0.25, -0.2) is 4.39 Å². The Kier molecular flexibility index (Phi) is 2.78. The summed E-state index contributed by atoms with van der Waals surface area (Å²) in [6.45, 7) is 3.59. The number of aromatic nitrogens is 4. The predicted molar refractivity (Wildman–Crippen MR) is 72.2 cm³/mol. The molecule has 0 unspecified atom stereocenters. The van der Waals surface area contributed by atoms with Gasteiger partial charge in [0.05, 0.1) is 22.6 Å². The van der Waals surface area contributed by atoms with Crippen molar-refractivity contribution in [3.8, 4) is 22.8 Å². The lowest BCUT2D eigenvalue weighted by Crippen LogP contribution is -1.99. The number of hydrogen-bond acceptors (Lipinski definition) is 3. The lowest BCUT2D eigenvalue weighted by atomic mass is 10.2. The molecule has 2 heterocycles. The van der Waals surface area contributed by atoms with Gasteiger partial charge in [-0.2, -0.15) is 14.9 Å². The van der Waals surface area contributed by atoms with Crippen LogP contribution in [-0.4, -0.2) is 25.1 Å². The third kappa shape index (κ3) is 1.85. The van der Waals surface area contributed by atoms with Crippen LogP contribution in [0.25, 0.3) is 16.9 Å². The quantitative estimate of drug-likeness (QED) is 0.753. The lowest BCUT2D eigenvalue weighted by molar-refractivity contribution is 0.431. The molecule has 6 heteroatoms. The minimum Gasteiger partial charge on any atom is -0.493 e. The van der Waals surface area contributed by atoms with Crippen molar-refractivity contribution in [3.05, 3.63) is 47.5 Å². The van der Waals surface area contributed by atoms with Gasteiger partial charge < -0.3 is 5.11 Å². The van der Waals surface area contributed by atoms with Gasteiger partial charge in [0, 0.05) is 0 Å². The van der Waals surface area contributed by atoms with Crippen molar-refractivity contribution in [1.29, 1.82) is 0 Å². The fourth-order valence-electron chi connectivity index (χ4n) is 2.17. The van der Waals surface area contributed by atoms with Gasteiger partial charge in [-0.3, -0.25) is 5.10 Å². The van der Waals surface area contributed by atoms with Crippen LogP contribution in [0.5, 0.6) is 5.88 Å². The summed E-state index contributed by atoms with van der Waals surface area (Å²) in [5.74, 6) is -0.561. The molecule has 0 saturated carbocycles. The van der Waals surface area contributed by atoms with E-state index in [0.717, 1.165) is 5.69 Å². The van der Waals surface area contributed by atoms with E-state index in [1.54, 1.807) is 31.2 Å². The van der Waals surface area contributed by atoms with Crippen molar-refractivity contribution in [2.24, 2.45) is 0 Å². The van der Waals surface area contributed by atoms with E-state index in [1.807, 2.05) is 6.92 Å². The minimum absolute atomic E-state index is 0.115. The van der Waals surface area contributed by atoms with Crippen LogP contribution in [-0.2, 0) is 0 Å². The van der Waals surface area contributed by atoms with E-state index >= 15 is 0 Å². The highest BCUT2D eigenvalue weighted by Gasteiger charge is 2.20. The molecule has 0 aliphatic rings. The third-order valence-electron chi connectivity index (χ3n) is 3.09. The largest absolute Gasteiger partial charge is 0.493 e. The van der Waals surface area contributed by atoms with E-state index in [4.69, 9.17) is 0 Å². The molecule has 0 amide bonds. The number of hydrogen-bond donors (Lipinski definition) is 2. The van der Waals surface area contributed by atoms with Crippen molar-refractivity contribution in [1.82, 2.24) is 20.0 Å². The minimum atomic E-state index is -0.447. The van der Waals surface area contributed by atoms with E-state index in [0.29, 0.717) is 17.0 Å². The number of rotatable bonds is 2. The molecule has 2 N–H and O–H groups in total. The van der Waals surface area contributed by atoms with Crippen LogP contribution < -0.4 is 0 Å². The Bertz CT molecular complexity index is 775. The number of H-pyrrole nitrogens is 1. The van der Waals surface area contributed by atoms with E-state index in [9.17, 15) is 9.50 Å². The molecule has 20 heavy (non-hydrogen) atoms. The molecule has 1 aromatic carbocycles. The number of aromatic hydroxyl groups is 1. The summed E-state index contributed by atoms with van der Waals surface area (Å²) in [7, 11) is 0.